The number of rotatable bonds is 6. The van der Waals surface area contributed by atoms with Gasteiger partial charge in [-0.3, -0.25) is 0 Å². The molecule has 1 atom stereocenters. The predicted molar refractivity (Wildman–Crippen MR) is 66.5 cm³/mol. The molecule has 0 aliphatic carbocycles. The van der Waals surface area contributed by atoms with Crippen LogP contribution < -0.4 is 5.32 Å². The summed E-state index contributed by atoms with van der Waals surface area (Å²) in [7, 11) is 0. The van der Waals surface area contributed by atoms with Crippen molar-refractivity contribution in [2.75, 3.05) is 26.3 Å². The standard InChI is InChI=1S/C13H25NO2/c1-11(15)7-13(2,3)10-14-8-12-5-4-6-16-9-12/h5,11,14-15H,4,6-10H2,1-3H3. The fourth-order valence-electron chi connectivity index (χ4n) is 2.17. The highest BCUT2D eigenvalue weighted by molar-refractivity contribution is 5.06. The predicted octanol–water partition coefficient (Wildman–Crippen LogP) is 1.72. The zero-order valence-corrected chi connectivity index (χ0v) is 10.8. The minimum absolute atomic E-state index is 0.143. The van der Waals surface area contributed by atoms with Gasteiger partial charge >= 0.3 is 0 Å². The second-order valence-electron chi connectivity index (χ2n) is 5.52. The smallest absolute Gasteiger partial charge is 0.0689 e. The summed E-state index contributed by atoms with van der Waals surface area (Å²) in [5.74, 6) is 0. The van der Waals surface area contributed by atoms with Crippen molar-refractivity contribution in [2.24, 2.45) is 5.41 Å². The number of aliphatic hydroxyl groups is 1. The van der Waals surface area contributed by atoms with Crippen LogP contribution in [0, 0.1) is 5.41 Å². The van der Waals surface area contributed by atoms with Gasteiger partial charge in [0.05, 0.1) is 19.3 Å². The molecule has 0 saturated carbocycles. The summed E-state index contributed by atoms with van der Waals surface area (Å²) in [6.45, 7) is 9.66. The highest BCUT2D eigenvalue weighted by Crippen LogP contribution is 2.21. The Labute approximate surface area is 98.9 Å². The second kappa shape index (κ2) is 6.38. The van der Waals surface area contributed by atoms with E-state index in [0.717, 1.165) is 39.1 Å². The summed E-state index contributed by atoms with van der Waals surface area (Å²) < 4.78 is 5.38. The third-order valence-electron chi connectivity index (χ3n) is 2.79. The molecule has 0 spiro atoms. The summed E-state index contributed by atoms with van der Waals surface area (Å²) in [5.41, 5.74) is 1.49. The molecular weight excluding hydrogens is 202 g/mol. The lowest BCUT2D eigenvalue weighted by Crippen LogP contribution is -2.33. The molecule has 0 aromatic carbocycles. The molecule has 1 aliphatic heterocycles. The van der Waals surface area contributed by atoms with Gasteiger partial charge in [-0.1, -0.05) is 19.9 Å². The molecule has 1 aliphatic rings. The molecule has 0 aromatic heterocycles. The number of hydrogen-bond donors (Lipinski definition) is 2. The van der Waals surface area contributed by atoms with Crippen molar-refractivity contribution in [3.63, 3.8) is 0 Å². The third-order valence-corrected chi connectivity index (χ3v) is 2.79. The molecule has 0 bridgehead atoms. The van der Waals surface area contributed by atoms with E-state index in [1.807, 2.05) is 6.92 Å². The summed E-state index contributed by atoms with van der Waals surface area (Å²) in [6.07, 6.45) is 3.90. The van der Waals surface area contributed by atoms with E-state index in [4.69, 9.17) is 4.74 Å². The summed E-state index contributed by atoms with van der Waals surface area (Å²) in [4.78, 5) is 0. The Balaban J connectivity index is 2.21. The highest BCUT2D eigenvalue weighted by Gasteiger charge is 2.19. The monoisotopic (exact) mass is 227 g/mol. The van der Waals surface area contributed by atoms with Crippen LogP contribution in [0.4, 0.5) is 0 Å². The van der Waals surface area contributed by atoms with Crippen molar-refractivity contribution < 1.29 is 9.84 Å². The Hall–Kier alpha value is -0.380. The maximum absolute atomic E-state index is 9.38. The largest absolute Gasteiger partial charge is 0.393 e. The van der Waals surface area contributed by atoms with Crippen LogP contribution in [0.5, 0.6) is 0 Å². The minimum Gasteiger partial charge on any atom is -0.393 e. The van der Waals surface area contributed by atoms with E-state index in [1.54, 1.807) is 0 Å². The van der Waals surface area contributed by atoms with Crippen molar-refractivity contribution in [3.8, 4) is 0 Å². The van der Waals surface area contributed by atoms with Crippen molar-refractivity contribution in [3.05, 3.63) is 11.6 Å². The van der Waals surface area contributed by atoms with E-state index < -0.39 is 0 Å². The summed E-state index contributed by atoms with van der Waals surface area (Å²) >= 11 is 0. The van der Waals surface area contributed by atoms with Gasteiger partial charge < -0.3 is 15.2 Å². The average Bonchev–Trinajstić information content (AvgIpc) is 2.16. The molecule has 0 aromatic rings. The van der Waals surface area contributed by atoms with E-state index in [2.05, 4.69) is 25.2 Å². The van der Waals surface area contributed by atoms with Gasteiger partial charge in [0.2, 0.25) is 0 Å². The summed E-state index contributed by atoms with van der Waals surface area (Å²) in [5, 5.41) is 12.8. The Morgan fingerprint density at radius 3 is 2.88 bits per heavy atom. The number of hydrogen-bond acceptors (Lipinski definition) is 3. The van der Waals surface area contributed by atoms with E-state index in [9.17, 15) is 5.11 Å². The molecule has 2 N–H and O–H groups in total. The first-order valence-electron chi connectivity index (χ1n) is 6.14. The van der Waals surface area contributed by atoms with Crippen LogP contribution in [0.15, 0.2) is 11.6 Å². The first-order chi connectivity index (χ1) is 7.49. The number of nitrogens with one attached hydrogen (secondary N) is 1. The Morgan fingerprint density at radius 2 is 2.31 bits per heavy atom. The lowest BCUT2D eigenvalue weighted by atomic mass is 9.87. The van der Waals surface area contributed by atoms with Crippen LogP contribution in [0.25, 0.3) is 0 Å². The van der Waals surface area contributed by atoms with Gasteiger partial charge in [0.15, 0.2) is 0 Å². The zero-order chi connectivity index (χ0) is 12.0. The van der Waals surface area contributed by atoms with Crippen LogP contribution in [0.1, 0.15) is 33.6 Å². The summed E-state index contributed by atoms with van der Waals surface area (Å²) in [6, 6.07) is 0. The molecule has 1 heterocycles. The molecule has 0 saturated heterocycles. The fourth-order valence-corrected chi connectivity index (χ4v) is 2.17. The lowest BCUT2D eigenvalue weighted by molar-refractivity contribution is 0.127. The quantitative estimate of drug-likeness (QED) is 0.679. The maximum atomic E-state index is 9.38. The Bertz CT molecular complexity index is 234. The van der Waals surface area contributed by atoms with Gasteiger partial charge in [0.25, 0.3) is 0 Å². The fraction of sp³-hybridized carbons (Fsp3) is 0.846. The first kappa shape index (κ1) is 13.7. The molecule has 16 heavy (non-hydrogen) atoms. The van der Waals surface area contributed by atoms with Gasteiger partial charge in [-0.2, -0.15) is 0 Å². The normalized spacial score (nSPS) is 19.4. The van der Waals surface area contributed by atoms with Crippen molar-refractivity contribution >= 4 is 0 Å². The van der Waals surface area contributed by atoms with Crippen molar-refractivity contribution in [2.45, 2.75) is 39.7 Å². The van der Waals surface area contributed by atoms with E-state index in [1.165, 1.54) is 5.57 Å². The minimum atomic E-state index is -0.228. The molecule has 94 valence electrons. The third kappa shape index (κ3) is 5.64. The Kier molecular flexibility index (Phi) is 5.46. The van der Waals surface area contributed by atoms with Gasteiger partial charge in [-0.15, -0.1) is 0 Å². The lowest BCUT2D eigenvalue weighted by Gasteiger charge is -2.27. The SMILES string of the molecule is CC(O)CC(C)(C)CNCC1=CCCOC1. The Morgan fingerprint density at radius 1 is 1.56 bits per heavy atom. The van der Waals surface area contributed by atoms with Gasteiger partial charge in [-0.05, 0) is 30.8 Å². The van der Waals surface area contributed by atoms with E-state index in [0.29, 0.717) is 0 Å². The van der Waals surface area contributed by atoms with E-state index >= 15 is 0 Å². The van der Waals surface area contributed by atoms with Crippen LogP contribution in [-0.4, -0.2) is 37.5 Å². The molecule has 0 fully saturated rings. The van der Waals surface area contributed by atoms with Gasteiger partial charge in [-0.25, -0.2) is 0 Å². The van der Waals surface area contributed by atoms with E-state index in [-0.39, 0.29) is 11.5 Å². The van der Waals surface area contributed by atoms with Crippen molar-refractivity contribution in [1.29, 1.82) is 0 Å². The van der Waals surface area contributed by atoms with Gasteiger partial charge in [0.1, 0.15) is 0 Å². The first-order valence-corrected chi connectivity index (χ1v) is 6.14. The molecule has 3 heteroatoms. The van der Waals surface area contributed by atoms with Crippen molar-refractivity contribution in [1.82, 2.24) is 5.32 Å². The highest BCUT2D eigenvalue weighted by atomic mass is 16.5. The molecule has 1 rings (SSSR count). The van der Waals surface area contributed by atoms with Crippen LogP contribution >= 0.6 is 0 Å². The second-order valence-corrected chi connectivity index (χ2v) is 5.52. The van der Waals surface area contributed by atoms with Gasteiger partial charge in [0, 0.05) is 13.1 Å². The molecule has 3 nitrogen and oxygen atoms in total. The van der Waals surface area contributed by atoms with Crippen LogP contribution in [0.3, 0.4) is 0 Å². The molecule has 0 radical (unpaired) electrons. The molecule has 0 amide bonds. The topological polar surface area (TPSA) is 41.5 Å². The number of ether oxygens (including phenoxy) is 1. The average molecular weight is 227 g/mol. The van der Waals surface area contributed by atoms with Crippen LogP contribution in [-0.2, 0) is 4.74 Å². The molecule has 1 unspecified atom stereocenters. The maximum Gasteiger partial charge on any atom is 0.0689 e. The molecular formula is C13H25NO2. The zero-order valence-electron chi connectivity index (χ0n) is 10.8. The van der Waals surface area contributed by atoms with Crippen LogP contribution in [0.2, 0.25) is 0 Å². The number of aliphatic hydroxyl groups excluding tert-OH is 1.